The van der Waals surface area contributed by atoms with Gasteiger partial charge in [0, 0.05) is 12.1 Å². The van der Waals surface area contributed by atoms with Crippen molar-refractivity contribution in [1.29, 1.82) is 0 Å². The molecule has 1 aromatic heterocycles. The lowest BCUT2D eigenvalue weighted by Crippen LogP contribution is -2.08. The summed E-state index contributed by atoms with van der Waals surface area (Å²) in [6.45, 7) is 1.98. The molecule has 0 spiro atoms. The van der Waals surface area contributed by atoms with Crippen LogP contribution in [0.15, 0.2) is 18.2 Å². The Hall–Kier alpha value is -1.92. The molecule has 2 aromatic rings. The lowest BCUT2D eigenvalue weighted by molar-refractivity contribution is 0.0685. The Bertz CT molecular complexity index is 625. The number of carboxylic acid groups (broad SMARTS) is 1. The van der Waals surface area contributed by atoms with Gasteiger partial charge in [0.25, 0.3) is 0 Å². The molecule has 0 saturated carbocycles. The van der Waals surface area contributed by atoms with Gasteiger partial charge in [-0.3, -0.25) is 0 Å². The molecule has 1 heterocycles. The van der Waals surface area contributed by atoms with Crippen molar-refractivity contribution in [2.24, 2.45) is 0 Å². The molecule has 19 heavy (non-hydrogen) atoms. The number of carbonyl (C=O) groups is 1. The molecule has 2 rings (SSSR count). The van der Waals surface area contributed by atoms with Crippen LogP contribution in [0.1, 0.15) is 21.7 Å². The highest BCUT2D eigenvalue weighted by atomic mass is 35.5. The van der Waals surface area contributed by atoms with Gasteiger partial charge in [-0.2, -0.15) is 0 Å². The summed E-state index contributed by atoms with van der Waals surface area (Å²) in [6.07, 6.45) is 0. The molecule has 0 aliphatic carbocycles. The quantitative estimate of drug-likeness (QED) is 0.928. The molecule has 0 bridgehead atoms. The molecule has 6 nitrogen and oxygen atoms in total. The number of ether oxygens (including phenoxy) is 1. The van der Waals surface area contributed by atoms with Gasteiger partial charge >= 0.3 is 5.97 Å². The van der Waals surface area contributed by atoms with Crippen LogP contribution in [0, 0.1) is 6.92 Å². The summed E-state index contributed by atoms with van der Waals surface area (Å²) in [5.74, 6) is -1.14. The highest BCUT2D eigenvalue weighted by molar-refractivity contribution is 6.30. The van der Waals surface area contributed by atoms with Crippen LogP contribution in [-0.2, 0) is 11.3 Å². The third-order valence-corrected chi connectivity index (χ3v) is 2.88. The van der Waals surface area contributed by atoms with Crippen molar-refractivity contribution in [2.75, 3.05) is 7.11 Å². The number of benzene rings is 1. The van der Waals surface area contributed by atoms with E-state index in [9.17, 15) is 4.79 Å². The van der Waals surface area contributed by atoms with E-state index in [0.717, 1.165) is 5.56 Å². The zero-order valence-corrected chi connectivity index (χ0v) is 11.2. The molecule has 7 heteroatoms. The maximum atomic E-state index is 11.1. The Morgan fingerprint density at radius 3 is 2.89 bits per heavy atom. The predicted molar refractivity (Wildman–Crippen MR) is 68.8 cm³/mol. The summed E-state index contributed by atoms with van der Waals surface area (Å²) in [7, 11) is 1.48. The summed E-state index contributed by atoms with van der Waals surface area (Å²) >= 11 is 5.96. The molecule has 0 aliphatic rings. The van der Waals surface area contributed by atoms with Gasteiger partial charge in [-0.25, -0.2) is 9.48 Å². The fourth-order valence-corrected chi connectivity index (χ4v) is 1.90. The Morgan fingerprint density at radius 2 is 2.26 bits per heavy atom. The summed E-state index contributed by atoms with van der Waals surface area (Å²) in [4.78, 5) is 11.1. The van der Waals surface area contributed by atoms with E-state index in [2.05, 4.69) is 10.3 Å². The summed E-state index contributed by atoms with van der Waals surface area (Å²) in [5, 5.41) is 17.2. The average Bonchev–Trinajstić information content (AvgIpc) is 2.76. The number of methoxy groups -OCH3 is 1. The van der Waals surface area contributed by atoms with Crippen LogP contribution < -0.4 is 0 Å². The van der Waals surface area contributed by atoms with Gasteiger partial charge < -0.3 is 9.84 Å². The van der Waals surface area contributed by atoms with Gasteiger partial charge in [-0.1, -0.05) is 22.9 Å². The monoisotopic (exact) mass is 281 g/mol. The Balaban J connectivity index is 2.61. The van der Waals surface area contributed by atoms with Gasteiger partial charge in [0.05, 0.1) is 12.3 Å². The summed E-state index contributed by atoms with van der Waals surface area (Å²) in [6, 6.07) is 5.29. The first kappa shape index (κ1) is 13.5. The molecular formula is C12H12ClN3O3. The molecule has 1 aromatic carbocycles. The number of aromatic nitrogens is 3. The first-order valence-corrected chi connectivity index (χ1v) is 5.85. The van der Waals surface area contributed by atoms with Gasteiger partial charge in [-0.05, 0) is 24.6 Å². The van der Waals surface area contributed by atoms with Crippen molar-refractivity contribution in [3.05, 3.63) is 40.2 Å². The first-order valence-electron chi connectivity index (χ1n) is 5.48. The minimum absolute atomic E-state index is 0.0978. The largest absolute Gasteiger partial charge is 0.476 e. The van der Waals surface area contributed by atoms with Crippen LogP contribution in [0.3, 0.4) is 0 Å². The summed E-state index contributed by atoms with van der Waals surface area (Å²) in [5.41, 5.74) is 1.84. The van der Waals surface area contributed by atoms with E-state index in [1.54, 1.807) is 12.1 Å². The lowest BCUT2D eigenvalue weighted by Gasteiger charge is -2.09. The molecule has 0 radical (unpaired) electrons. The van der Waals surface area contributed by atoms with E-state index in [0.29, 0.717) is 16.4 Å². The number of hydrogen-bond acceptors (Lipinski definition) is 4. The number of rotatable bonds is 4. The lowest BCUT2D eigenvalue weighted by atomic mass is 10.2. The van der Waals surface area contributed by atoms with E-state index in [-0.39, 0.29) is 12.3 Å². The molecule has 1 N–H and O–H groups in total. The van der Waals surface area contributed by atoms with Gasteiger partial charge in [0.15, 0.2) is 5.69 Å². The fraction of sp³-hybridized carbons (Fsp3) is 0.250. The Kier molecular flexibility index (Phi) is 3.82. The maximum Gasteiger partial charge on any atom is 0.358 e. The second-order valence-corrected chi connectivity index (χ2v) is 4.40. The maximum absolute atomic E-state index is 11.1. The van der Waals surface area contributed by atoms with Crippen molar-refractivity contribution in [3.63, 3.8) is 0 Å². The SMILES string of the molecule is COCc1c(C(=O)O)nnn1-c1cc(Cl)ccc1C. The van der Waals surface area contributed by atoms with Gasteiger partial charge in [0.2, 0.25) is 0 Å². The van der Waals surface area contributed by atoms with E-state index in [1.165, 1.54) is 11.8 Å². The molecule has 100 valence electrons. The van der Waals surface area contributed by atoms with Gasteiger partial charge in [-0.15, -0.1) is 5.10 Å². The number of halogens is 1. The molecule has 0 atom stereocenters. The fourth-order valence-electron chi connectivity index (χ4n) is 1.74. The second kappa shape index (κ2) is 5.38. The number of aryl methyl sites for hydroxylation is 1. The smallest absolute Gasteiger partial charge is 0.358 e. The minimum atomic E-state index is -1.14. The Morgan fingerprint density at radius 1 is 1.53 bits per heavy atom. The van der Waals surface area contributed by atoms with Crippen LogP contribution in [0.2, 0.25) is 5.02 Å². The zero-order valence-electron chi connectivity index (χ0n) is 10.4. The second-order valence-electron chi connectivity index (χ2n) is 3.97. The van der Waals surface area contributed by atoms with Crippen molar-refractivity contribution in [3.8, 4) is 5.69 Å². The molecule has 0 aliphatic heterocycles. The van der Waals surface area contributed by atoms with Crippen molar-refractivity contribution < 1.29 is 14.6 Å². The summed E-state index contributed by atoms with van der Waals surface area (Å²) < 4.78 is 6.45. The first-order chi connectivity index (χ1) is 9.04. The standard InChI is InChI=1S/C12H12ClN3O3/c1-7-3-4-8(13)5-9(7)16-10(6-19-2)11(12(17)18)14-15-16/h3-5H,6H2,1-2H3,(H,17,18). The zero-order chi connectivity index (χ0) is 14.0. The third kappa shape index (κ3) is 2.59. The minimum Gasteiger partial charge on any atom is -0.476 e. The van der Waals surface area contributed by atoms with E-state index < -0.39 is 5.97 Å². The molecule has 0 fully saturated rings. The molecular weight excluding hydrogens is 270 g/mol. The van der Waals surface area contributed by atoms with Crippen LogP contribution in [0.25, 0.3) is 5.69 Å². The van der Waals surface area contributed by atoms with Crippen LogP contribution in [-0.4, -0.2) is 33.2 Å². The Labute approximate surface area is 114 Å². The normalized spacial score (nSPS) is 10.7. The molecule has 0 saturated heterocycles. The number of carboxylic acids is 1. The highest BCUT2D eigenvalue weighted by Crippen LogP contribution is 2.21. The van der Waals surface area contributed by atoms with Crippen molar-refractivity contribution in [1.82, 2.24) is 15.0 Å². The number of hydrogen-bond donors (Lipinski definition) is 1. The number of nitrogens with zero attached hydrogens (tertiary/aromatic N) is 3. The van der Waals surface area contributed by atoms with E-state index >= 15 is 0 Å². The van der Waals surface area contributed by atoms with E-state index in [1.807, 2.05) is 13.0 Å². The molecule has 0 unspecified atom stereocenters. The number of aromatic carboxylic acids is 1. The topological polar surface area (TPSA) is 77.2 Å². The van der Waals surface area contributed by atoms with Crippen molar-refractivity contribution >= 4 is 17.6 Å². The van der Waals surface area contributed by atoms with E-state index in [4.69, 9.17) is 21.4 Å². The highest BCUT2D eigenvalue weighted by Gasteiger charge is 2.20. The predicted octanol–water partition coefficient (Wildman–Crippen LogP) is 2.07. The van der Waals surface area contributed by atoms with Crippen LogP contribution in [0.4, 0.5) is 0 Å². The van der Waals surface area contributed by atoms with Gasteiger partial charge in [0.1, 0.15) is 5.69 Å². The van der Waals surface area contributed by atoms with Crippen molar-refractivity contribution in [2.45, 2.75) is 13.5 Å². The average molecular weight is 282 g/mol. The molecule has 0 amide bonds. The third-order valence-electron chi connectivity index (χ3n) is 2.65. The van der Waals surface area contributed by atoms with Crippen LogP contribution in [0.5, 0.6) is 0 Å². The van der Waals surface area contributed by atoms with Crippen LogP contribution >= 0.6 is 11.6 Å².